The topological polar surface area (TPSA) is 49.4 Å². The van der Waals surface area contributed by atoms with Gasteiger partial charge in [-0.2, -0.15) is 0 Å². The molecule has 1 N–H and O–H groups in total. The molecule has 4 rings (SSSR count). The number of nitrogens with zero attached hydrogens (tertiary/aromatic N) is 1. The lowest BCUT2D eigenvalue weighted by atomic mass is 9.86. The zero-order valence-electron chi connectivity index (χ0n) is 18.3. The lowest BCUT2D eigenvalue weighted by molar-refractivity contribution is -0.123. The summed E-state index contributed by atoms with van der Waals surface area (Å²) in [5, 5.41) is 3.19. The summed E-state index contributed by atoms with van der Waals surface area (Å²) in [6.45, 7) is 4.38. The number of para-hydroxylation sites is 1. The van der Waals surface area contributed by atoms with E-state index in [1.165, 1.54) is 23.7 Å². The zero-order chi connectivity index (χ0) is 21.8. The summed E-state index contributed by atoms with van der Waals surface area (Å²) in [4.78, 5) is 29.5. The molecule has 5 heteroatoms. The number of fused-ring (bicyclic) bond motifs is 1. The quantitative estimate of drug-likeness (QED) is 0.639. The molecule has 1 saturated carbocycles. The van der Waals surface area contributed by atoms with Gasteiger partial charge in [0.2, 0.25) is 5.91 Å². The van der Waals surface area contributed by atoms with Gasteiger partial charge in [-0.25, -0.2) is 0 Å². The van der Waals surface area contributed by atoms with Crippen LogP contribution >= 0.6 is 11.8 Å². The van der Waals surface area contributed by atoms with Crippen LogP contribution in [0.2, 0.25) is 0 Å². The Morgan fingerprint density at radius 3 is 2.61 bits per heavy atom. The maximum Gasteiger partial charge on any atom is 0.265 e. The number of benzene rings is 2. The number of hydrogen-bond donors (Lipinski definition) is 1. The van der Waals surface area contributed by atoms with Crippen molar-refractivity contribution in [3.8, 4) is 0 Å². The fraction of sp³-hybridized carbons (Fsp3) is 0.385. The van der Waals surface area contributed by atoms with Crippen molar-refractivity contribution in [3.05, 3.63) is 64.6 Å². The highest BCUT2D eigenvalue weighted by Gasteiger charge is 2.31. The molecular weight excluding hydrogens is 404 g/mol. The second-order valence-corrected chi connectivity index (χ2v) is 9.58. The molecule has 1 aliphatic heterocycles. The lowest BCUT2D eigenvalue weighted by Crippen LogP contribution is -2.48. The van der Waals surface area contributed by atoms with Crippen molar-refractivity contribution < 1.29 is 9.59 Å². The van der Waals surface area contributed by atoms with Gasteiger partial charge in [-0.15, -0.1) is 0 Å². The third kappa shape index (κ3) is 5.04. The van der Waals surface area contributed by atoms with Crippen LogP contribution in [-0.4, -0.2) is 24.4 Å². The van der Waals surface area contributed by atoms with Gasteiger partial charge in [0.05, 0.1) is 10.6 Å². The molecule has 1 fully saturated rings. The molecule has 4 nitrogen and oxygen atoms in total. The minimum Gasteiger partial charge on any atom is -0.352 e. The van der Waals surface area contributed by atoms with Gasteiger partial charge in [0, 0.05) is 10.9 Å². The number of hydrogen-bond acceptors (Lipinski definition) is 3. The third-order valence-corrected chi connectivity index (χ3v) is 7.35. The van der Waals surface area contributed by atoms with Crippen LogP contribution in [0, 0.1) is 5.92 Å². The van der Waals surface area contributed by atoms with E-state index in [0.29, 0.717) is 10.8 Å². The number of amides is 2. The van der Waals surface area contributed by atoms with E-state index < -0.39 is 0 Å². The van der Waals surface area contributed by atoms with Crippen molar-refractivity contribution in [2.24, 2.45) is 5.92 Å². The smallest absolute Gasteiger partial charge is 0.265 e. The monoisotopic (exact) mass is 434 g/mol. The SMILES string of the molecule is CCc1ccc(/C=C2/Sc3ccccc3N(CC(=O)N[C@@H]3CCCC[C@@H]3C)C2=O)cc1. The molecule has 162 valence electrons. The van der Waals surface area contributed by atoms with Crippen LogP contribution in [0.5, 0.6) is 0 Å². The summed E-state index contributed by atoms with van der Waals surface area (Å²) >= 11 is 1.47. The van der Waals surface area contributed by atoms with Crippen LogP contribution in [0.3, 0.4) is 0 Å². The molecule has 0 radical (unpaired) electrons. The summed E-state index contributed by atoms with van der Waals surface area (Å²) in [5.74, 6) is 0.287. The van der Waals surface area contributed by atoms with Gasteiger partial charge >= 0.3 is 0 Å². The number of carbonyl (C=O) groups excluding carboxylic acids is 2. The molecular formula is C26H30N2O2S. The van der Waals surface area contributed by atoms with Crippen molar-refractivity contribution in [2.75, 3.05) is 11.4 Å². The van der Waals surface area contributed by atoms with E-state index in [4.69, 9.17) is 0 Å². The number of aryl methyl sites for hydroxylation is 1. The lowest BCUT2D eigenvalue weighted by Gasteiger charge is -2.32. The summed E-state index contributed by atoms with van der Waals surface area (Å²) in [7, 11) is 0. The second kappa shape index (κ2) is 9.73. The van der Waals surface area contributed by atoms with E-state index in [9.17, 15) is 9.59 Å². The first-order valence-corrected chi connectivity index (χ1v) is 12.1. The van der Waals surface area contributed by atoms with Gasteiger partial charge in [0.1, 0.15) is 6.54 Å². The van der Waals surface area contributed by atoms with E-state index in [-0.39, 0.29) is 24.4 Å². The fourth-order valence-corrected chi connectivity index (χ4v) is 5.41. The first kappa shape index (κ1) is 21.7. The number of nitrogens with one attached hydrogen (secondary N) is 1. The van der Waals surface area contributed by atoms with Gasteiger partial charge in [-0.1, -0.05) is 74.8 Å². The number of thioether (sulfide) groups is 1. The van der Waals surface area contributed by atoms with Crippen LogP contribution in [0.25, 0.3) is 6.08 Å². The summed E-state index contributed by atoms with van der Waals surface area (Å²) in [5.41, 5.74) is 3.07. The molecule has 1 aliphatic carbocycles. The maximum absolute atomic E-state index is 13.4. The van der Waals surface area contributed by atoms with Gasteiger partial charge in [-0.3, -0.25) is 14.5 Å². The minimum absolute atomic E-state index is 0.0474. The van der Waals surface area contributed by atoms with Crippen LogP contribution in [-0.2, 0) is 16.0 Å². The number of rotatable bonds is 5. The summed E-state index contributed by atoms with van der Waals surface area (Å²) in [6.07, 6.45) is 7.47. The minimum atomic E-state index is -0.116. The van der Waals surface area contributed by atoms with Crippen molar-refractivity contribution in [1.82, 2.24) is 5.32 Å². The molecule has 2 atom stereocenters. The Morgan fingerprint density at radius 2 is 1.87 bits per heavy atom. The fourth-order valence-electron chi connectivity index (χ4n) is 4.35. The van der Waals surface area contributed by atoms with Crippen molar-refractivity contribution in [2.45, 2.75) is 56.9 Å². The predicted molar refractivity (Wildman–Crippen MR) is 128 cm³/mol. The Hall–Kier alpha value is -2.53. The van der Waals surface area contributed by atoms with Crippen LogP contribution in [0.15, 0.2) is 58.3 Å². The average molecular weight is 435 g/mol. The largest absolute Gasteiger partial charge is 0.352 e. The van der Waals surface area contributed by atoms with E-state index in [0.717, 1.165) is 41.8 Å². The molecule has 0 aromatic heterocycles. The molecule has 1 heterocycles. The molecule has 2 aromatic rings. The number of carbonyl (C=O) groups is 2. The van der Waals surface area contributed by atoms with Gasteiger partial charge < -0.3 is 5.32 Å². The van der Waals surface area contributed by atoms with Crippen LogP contribution < -0.4 is 10.2 Å². The molecule has 2 aliphatic rings. The number of anilines is 1. The van der Waals surface area contributed by atoms with E-state index in [1.807, 2.05) is 42.5 Å². The van der Waals surface area contributed by atoms with E-state index in [2.05, 4.69) is 31.3 Å². The van der Waals surface area contributed by atoms with Gasteiger partial charge in [0.15, 0.2) is 0 Å². The molecule has 0 bridgehead atoms. The molecule has 31 heavy (non-hydrogen) atoms. The van der Waals surface area contributed by atoms with Crippen molar-refractivity contribution >= 4 is 35.3 Å². The Balaban J connectivity index is 1.56. The first-order chi connectivity index (χ1) is 15.0. The normalized spacial score (nSPS) is 22.3. The molecule has 0 spiro atoms. The zero-order valence-corrected chi connectivity index (χ0v) is 19.1. The Labute approximate surface area is 189 Å². The van der Waals surface area contributed by atoms with Gasteiger partial charge in [-0.05, 0) is 54.5 Å². The highest BCUT2D eigenvalue weighted by atomic mass is 32.2. The van der Waals surface area contributed by atoms with Crippen LogP contribution in [0.4, 0.5) is 5.69 Å². The molecule has 2 aromatic carbocycles. The standard InChI is InChI=1S/C26H30N2O2S/c1-3-19-12-14-20(15-13-19)16-24-26(30)28(22-10-6-7-11-23(22)31-24)17-25(29)27-21-9-5-4-8-18(21)2/h6-7,10-16,18,21H,3-5,8-9,17H2,1-2H3,(H,27,29)/b24-16+/t18-,21+/m0/s1. The Bertz CT molecular complexity index is 983. The third-order valence-electron chi connectivity index (χ3n) is 6.28. The second-order valence-electron chi connectivity index (χ2n) is 8.50. The Kier molecular flexibility index (Phi) is 6.81. The Morgan fingerprint density at radius 1 is 1.13 bits per heavy atom. The predicted octanol–water partition coefficient (Wildman–Crippen LogP) is 5.42. The first-order valence-electron chi connectivity index (χ1n) is 11.2. The van der Waals surface area contributed by atoms with Crippen LogP contribution in [0.1, 0.15) is 50.7 Å². The van der Waals surface area contributed by atoms with Crippen molar-refractivity contribution in [1.29, 1.82) is 0 Å². The maximum atomic E-state index is 13.4. The average Bonchev–Trinajstić information content (AvgIpc) is 2.78. The van der Waals surface area contributed by atoms with E-state index >= 15 is 0 Å². The highest BCUT2D eigenvalue weighted by Crippen LogP contribution is 2.42. The van der Waals surface area contributed by atoms with Crippen molar-refractivity contribution in [3.63, 3.8) is 0 Å². The molecule has 2 amide bonds. The molecule has 0 saturated heterocycles. The molecule has 0 unspecified atom stereocenters. The highest BCUT2D eigenvalue weighted by molar-refractivity contribution is 8.04. The summed E-state index contributed by atoms with van der Waals surface area (Å²) < 4.78 is 0. The van der Waals surface area contributed by atoms with Gasteiger partial charge in [0.25, 0.3) is 5.91 Å². The van der Waals surface area contributed by atoms with E-state index in [1.54, 1.807) is 4.90 Å². The summed E-state index contributed by atoms with van der Waals surface area (Å²) in [6, 6.07) is 16.3.